The van der Waals surface area contributed by atoms with E-state index in [2.05, 4.69) is 0 Å². The highest BCUT2D eigenvalue weighted by Gasteiger charge is 2.06. The highest BCUT2D eigenvalue weighted by atomic mass is 32.2. The number of ketones is 1. The summed E-state index contributed by atoms with van der Waals surface area (Å²) >= 11 is 0. The Hall–Kier alpha value is -1.36. The summed E-state index contributed by atoms with van der Waals surface area (Å²) in [5.74, 6) is 0.191. The third-order valence-electron chi connectivity index (χ3n) is 2.64. The molecule has 0 aliphatic heterocycles. The minimum Gasteiger partial charge on any atom is -0.399 e. The number of carbonyl (C=O) groups excluding carboxylic acids is 1. The van der Waals surface area contributed by atoms with Crippen LogP contribution in [0.15, 0.2) is 24.3 Å². The SMILES string of the molecule is CS(=O)(=O)CCCC(=O)CCc1ccc(N)cc1. The maximum Gasteiger partial charge on any atom is 0.147 e. The Morgan fingerprint density at radius 1 is 1.17 bits per heavy atom. The van der Waals surface area contributed by atoms with Crippen LogP contribution in [0, 0.1) is 0 Å². The number of nitrogens with two attached hydrogens (primary N) is 1. The van der Waals surface area contributed by atoms with Crippen molar-refractivity contribution < 1.29 is 13.2 Å². The highest BCUT2D eigenvalue weighted by molar-refractivity contribution is 7.90. The summed E-state index contributed by atoms with van der Waals surface area (Å²) in [6.45, 7) is 0. The van der Waals surface area contributed by atoms with Gasteiger partial charge in [-0.1, -0.05) is 12.1 Å². The monoisotopic (exact) mass is 269 g/mol. The molecule has 0 radical (unpaired) electrons. The van der Waals surface area contributed by atoms with E-state index in [1.165, 1.54) is 6.26 Å². The first-order chi connectivity index (χ1) is 8.37. The Morgan fingerprint density at radius 3 is 2.33 bits per heavy atom. The molecule has 0 bridgehead atoms. The van der Waals surface area contributed by atoms with Crippen LogP contribution in [0.5, 0.6) is 0 Å². The molecular formula is C13H19NO3S. The summed E-state index contributed by atoms with van der Waals surface area (Å²) in [6, 6.07) is 7.42. The summed E-state index contributed by atoms with van der Waals surface area (Å²) < 4.78 is 21.8. The van der Waals surface area contributed by atoms with E-state index >= 15 is 0 Å². The van der Waals surface area contributed by atoms with E-state index in [1.807, 2.05) is 24.3 Å². The standard InChI is InChI=1S/C13H19NO3S/c1-18(16,17)10-2-3-13(15)9-6-11-4-7-12(14)8-5-11/h4-5,7-8H,2-3,6,9-10,14H2,1H3. The molecule has 18 heavy (non-hydrogen) atoms. The largest absolute Gasteiger partial charge is 0.399 e. The molecule has 1 aromatic carbocycles. The Kier molecular flexibility index (Phi) is 5.34. The molecule has 0 atom stereocenters. The third-order valence-corrected chi connectivity index (χ3v) is 3.67. The van der Waals surface area contributed by atoms with Gasteiger partial charge in [0.2, 0.25) is 0 Å². The lowest BCUT2D eigenvalue weighted by atomic mass is 10.1. The number of hydrogen-bond donors (Lipinski definition) is 1. The fraction of sp³-hybridized carbons (Fsp3) is 0.462. The number of anilines is 1. The van der Waals surface area contributed by atoms with E-state index in [4.69, 9.17) is 5.73 Å². The summed E-state index contributed by atoms with van der Waals surface area (Å²) in [6.07, 6.45) is 3.07. The van der Waals surface area contributed by atoms with Gasteiger partial charge >= 0.3 is 0 Å². The smallest absolute Gasteiger partial charge is 0.147 e. The maximum atomic E-state index is 11.5. The van der Waals surface area contributed by atoms with Crippen molar-refractivity contribution >= 4 is 21.3 Å². The van der Waals surface area contributed by atoms with E-state index in [-0.39, 0.29) is 11.5 Å². The lowest BCUT2D eigenvalue weighted by Gasteiger charge is -2.02. The van der Waals surface area contributed by atoms with Gasteiger partial charge in [-0.05, 0) is 30.5 Å². The van der Waals surface area contributed by atoms with Crippen molar-refractivity contribution in [3.05, 3.63) is 29.8 Å². The van der Waals surface area contributed by atoms with E-state index < -0.39 is 9.84 Å². The Bertz CT molecular complexity index is 491. The molecule has 1 rings (SSSR count). The zero-order chi connectivity index (χ0) is 13.6. The third kappa shape index (κ3) is 6.39. The van der Waals surface area contributed by atoms with Gasteiger partial charge in [0.1, 0.15) is 15.6 Å². The number of nitrogen functional groups attached to an aromatic ring is 1. The zero-order valence-electron chi connectivity index (χ0n) is 10.6. The van der Waals surface area contributed by atoms with Gasteiger partial charge < -0.3 is 5.73 Å². The number of carbonyl (C=O) groups is 1. The number of benzene rings is 1. The van der Waals surface area contributed by atoms with Gasteiger partial charge in [-0.2, -0.15) is 0 Å². The molecule has 0 saturated heterocycles. The van der Waals surface area contributed by atoms with Crippen LogP contribution in [0.1, 0.15) is 24.8 Å². The Morgan fingerprint density at radius 2 is 1.78 bits per heavy atom. The van der Waals surface area contributed by atoms with Crippen molar-refractivity contribution in [1.82, 2.24) is 0 Å². The topological polar surface area (TPSA) is 77.2 Å². The van der Waals surface area contributed by atoms with Crippen LogP contribution in [-0.4, -0.2) is 26.2 Å². The number of Topliss-reactive ketones (excluding diaryl/α,β-unsaturated/α-hetero) is 1. The van der Waals surface area contributed by atoms with Gasteiger partial charge in [-0.3, -0.25) is 4.79 Å². The summed E-state index contributed by atoms with van der Waals surface area (Å²) in [5.41, 5.74) is 7.34. The molecule has 0 aliphatic carbocycles. The molecule has 0 saturated carbocycles. The minimum absolute atomic E-state index is 0.0839. The lowest BCUT2D eigenvalue weighted by molar-refractivity contribution is -0.119. The van der Waals surface area contributed by atoms with E-state index in [0.29, 0.717) is 31.4 Å². The minimum atomic E-state index is -2.96. The Balaban J connectivity index is 2.27. The van der Waals surface area contributed by atoms with E-state index in [0.717, 1.165) is 5.56 Å². The second-order valence-electron chi connectivity index (χ2n) is 4.51. The molecular weight excluding hydrogens is 250 g/mol. The lowest BCUT2D eigenvalue weighted by Crippen LogP contribution is -2.07. The molecule has 4 nitrogen and oxygen atoms in total. The molecule has 0 aliphatic rings. The predicted molar refractivity (Wildman–Crippen MR) is 73.1 cm³/mol. The van der Waals surface area contributed by atoms with Crippen molar-refractivity contribution in [3.8, 4) is 0 Å². The van der Waals surface area contributed by atoms with Gasteiger partial charge in [-0.15, -0.1) is 0 Å². The highest BCUT2D eigenvalue weighted by Crippen LogP contribution is 2.09. The van der Waals surface area contributed by atoms with Gasteiger partial charge in [-0.25, -0.2) is 8.42 Å². The molecule has 0 unspecified atom stereocenters. The molecule has 5 heteroatoms. The van der Waals surface area contributed by atoms with Crippen molar-refractivity contribution in [2.75, 3.05) is 17.7 Å². The van der Waals surface area contributed by atoms with Crippen LogP contribution in [0.4, 0.5) is 5.69 Å². The molecule has 1 aromatic rings. The molecule has 0 heterocycles. The second kappa shape index (κ2) is 6.54. The van der Waals surface area contributed by atoms with E-state index in [1.54, 1.807) is 0 Å². The first-order valence-electron chi connectivity index (χ1n) is 5.91. The molecule has 2 N–H and O–H groups in total. The number of hydrogen-bond acceptors (Lipinski definition) is 4. The van der Waals surface area contributed by atoms with Crippen molar-refractivity contribution in [2.24, 2.45) is 0 Å². The van der Waals surface area contributed by atoms with Crippen LogP contribution in [0.3, 0.4) is 0 Å². The van der Waals surface area contributed by atoms with Crippen LogP contribution in [0.2, 0.25) is 0 Å². The number of aryl methyl sites for hydroxylation is 1. The fourth-order valence-electron chi connectivity index (χ4n) is 1.62. The first-order valence-corrected chi connectivity index (χ1v) is 7.97. The normalized spacial score (nSPS) is 11.4. The van der Waals surface area contributed by atoms with Crippen LogP contribution in [0.25, 0.3) is 0 Å². The molecule has 100 valence electrons. The Labute approximate surface area is 108 Å². The average molecular weight is 269 g/mol. The van der Waals surface area contributed by atoms with Gasteiger partial charge in [0.25, 0.3) is 0 Å². The maximum absolute atomic E-state index is 11.5. The van der Waals surface area contributed by atoms with Crippen LogP contribution < -0.4 is 5.73 Å². The molecule has 0 amide bonds. The van der Waals surface area contributed by atoms with Gasteiger partial charge in [0, 0.05) is 24.8 Å². The fourth-order valence-corrected chi connectivity index (χ4v) is 2.29. The summed E-state index contributed by atoms with van der Waals surface area (Å²) in [5, 5.41) is 0. The quantitative estimate of drug-likeness (QED) is 0.763. The predicted octanol–water partition coefficient (Wildman–Crippen LogP) is 1.60. The van der Waals surface area contributed by atoms with Crippen molar-refractivity contribution in [2.45, 2.75) is 25.7 Å². The molecule has 0 spiro atoms. The van der Waals surface area contributed by atoms with Gasteiger partial charge in [0.05, 0.1) is 5.75 Å². The van der Waals surface area contributed by atoms with Crippen molar-refractivity contribution in [1.29, 1.82) is 0 Å². The number of sulfone groups is 1. The average Bonchev–Trinajstić information content (AvgIpc) is 2.26. The summed E-state index contributed by atoms with van der Waals surface area (Å²) in [7, 11) is -2.96. The number of rotatable bonds is 7. The second-order valence-corrected chi connectivity index (χ2v) is 6.77. The van der Waals surface area contributed by atoms with Crippen LogP contribution >= 0.6 is 0 Å². The van der Waals surface area contributed by atoms with Crippen molar-refractivity contribution in [3.63, 3.8) is 0 Å². The zero-order valence-corrected chi connectivity index (χ0v) is 11.4. The van der Waals surface area contributed by atoms with Crippen LogP contribution in [-0.2, 0) is 21.1 Å². The first kappa shape index (κ1) is 14.7. The van der Waals surface area contributed by atoms with E-state index in [9.17, 15) is 13.2 Å². The summed E-state index contributed by atoms with van der Waals surface area (Å²) in [4.78, 5) is 11.5. The molecule has 0 aromatic heterocycles. The van der Waals surface area contributed by atoms with Gasteiger partial charge in [0.15, 0.2) is 0 Å². The molecule has 0 fully saturated rings.